The third-order valence-electron chi connectivity index (χ3n) is 16.0. The zero-order chi connectivity index (χ0) is 62.4. The fraction of sp³-hybridized carbons (Fsp3) is 0.938. The van der Waals surface area contributed by atoms with Crippen molar-refractivity contribution in [2.24, 2.45) is 17.8 Å². The number of carbonyl (C=O) groups is 4. The normalized spacial score (nSPS) is 15.3. The van der Waals surface area contributed by atoms with Gasteiger partial charge in [-0.05, 0) is 43.4 Å². The predicted molar refractivity (Wildman–Crippen MR) is 335 cm³/mol. The van der Waals surface area contributed by atoms with Crippen LogP contribution in [0.15, 0.2) is 0 Å². The second-order valence-electron chi connectivity index (χ2n) is 24.2. The molecule has 0 aromatic rings. The van der Waals surface area contributed by atoms with Crippen molar-refractivity contribution in [2.75, 3.05) is 39.6 Å². The van der Waals surface area contributed by atoms with E-state index in [-0.39, 0.29) is 25.7 Å². The van der Waals surface area contributed by atoms with Crippen LogP contribution in [0, 0.1) is 17.8 Å². The lowest BCUT2D eigenvalue weighted by atomic mass is 10.00. The summed E-state index contributed by atoms with van der Waals surface area (Å²) in [7, 11) is -9.89. The van der Waals surface area contributed by atoms with E-state index >= 15 is 0 Å². The number of rotatable bonds is 63. The van der Waals surface area contributed by atoms with Crippen LogP contribution in [0.25, 0.3) is 0 Å². The molecule has 5 unspecified atom stereocenters. The SMILES string of the molecule is CCCCCCCCCCCCCCCCC(=O)O[C@H](COC(=O)CCCCCCCCC(C)CC)COP(=O)(O)OC[C@@H](O)COP(=O)(O)OC[C@@H](COC(=O)CCCCCCCCC(C)CC)OC(=O)CCCCCCCCC(C)CC. The monoisotopic (exact) mass is 1240 g/mol. The Kier molecular flexibility index (Phi) is 55.0. The predicted octanol–water partition coefficient (Wildman–Crippen LogP) is 17.9. The summed E-state index contributed by atoms with van der Waals surface area (Å²) in [5.41, 5.74) is 0. The lowest BCUT2D eigenvalue weighted by Crippen LogP contribution is -2.30. The standard InChI is InChI=1S/C65H126O17P2/c1-8-12-13-14-15-16-17-18-19-20-21-22-34-41-48-64(69)81-60(52-75-62(67)46-39-32-26-23-29-36-43-56(5)9-2)54-79-83(71,72)77-50-59(66)51-78-84(73,74)80-55-61(82-65(70)49-42-35-28-25-31-38-45-58(7)11-4)53-76-63(68)47-40-33-27-24-30-37-44-57(6)10-3/h56-61,66H,8-55H2,1-7H3,(H,71,72)(H,73,74)/t56?,57?,58?,59-,60-,61-/m1/s1. The molecule has 0 radical (unpaired) electrons. The van der Waals surface area contributed by atoms with E-state index in [1.807, 2.05) is 0 Å². The van der Waals surface area contributed by atoms with Gasteiger partial charge in [0.25, 0.3) is 0 Å². The fourth-order valence-electron chi connectivity index (χ4n) is 9.56. The van der Waals surface area contributed by atoms with Crippen LogP contribution in [0.3, 0.4) is 0 Å². The van der Waals surface area contributed by atoms with Crippen molar-refractivity contribution in [3.63, 3.8) is 0 Å². The molecule has 3 N–H and O–H groups in total. The van der Waals surface area contributed by atoms with Crippen molar-refractivity contribution in [1.82, 2.24) is 0 Å². The molecule has 0 aliphatic heterocycles. The molecule has 498 valence electrons. The molecule has 0 aromatic heterocycles. The minimum absolute atomic E-state index is 0.102. The number of aliphatic hydroxyl groups excluding tert-OH is 1. The van der Waals surface area contributed by atoms with E-state index in [4.69, 9.17) is 37.0 Å². The Bertz CT molecular complexity index is 1670. The molecule has 0 amide bonds. The lowest BCUT2D eigenvalue weighted by molar-refractivity contribution is -0.161. The second-order valence-corrected chi connectivity index (χ2v) is 27.1. The van der Waals surface area contributed by atoms with Gasteiger partial charge in [-0.25, -0.2) is 9.13 Å². The minimum atomic E-state index is -4.95. The number of phosphoric ester groups is 2. The molecule has 0 aliphatic carbocycles. The first-order valence-corrected chi connectivity index (χ1v) is 37.0. The summed E-state index contributed by atoms with van der Waals surface area (Å²) in [6, 6.07) is 0. The Labute approximate surface area is 511 Å². The highest BCUT2D eigenvalue weighted by Crippen LogP contribution is 2.45. The molecule has 84 heavy (non-hydrogen) atoms. The van der Waals surface area contributed by atoms with Gasteiger partial charge in [0.2, 0.25) is 0 Å². The fourth-order valence-corrected chi connectivity index (χ4v) is 11.1. The quantitative estimate of drug-likeness (QED) is 0.0222. The summed E-state index contributed by atoms with van der Waals surface area (Å²) < 4.78 is 68.0. The molecular formula is C65H126O17P2. The second kappa shape index (κ2) is 56.3. The first-order valence-electron chi connectivity index (χ1n) is 34.0. The van der Waals surface area contributed by atoms with Crippen molar-refractivity contribution in [3.8, 4) is 0 Å². The number of carbonyl (C=O) groups excluding carboxylic acids is 4. The summed E-state index contributed by atoms with van der Waals surface area (Å²) in [6.07, 6.45) is 37.6. The number of hydrogen-bond donors (Lipinski definition) is 3. The van der Waals surface area contributed by atoms with Gasteiger partial charge < -0.3 is 33.8 Å². The van der Waals surface area contributed by atoms with Crippen molar-refractivity contribution in [2.45, 2.75) is 336 Å². The number of unbranched alkanes of at least 4 members (excludes halogenated alkanes) is 28. The van der Waals surface area contributed by atoms with E-state index in [1.54, 1.807) is 0 Å². The minimum Gasteiger partial charge on any atom is -0.462 e. The molecule has 0 saturated carbocycles. The van der Waals surface area contributed by atoms with Gasteiger partial charge in [0, 0.05) is 25.7 Å². The van der Waals surface area contributed by atoms with Crippen LogP contribution in [0.4, 0.5) is 0 Å². The summed E-state index contributed by atoms with van der Waals surface area (Å²) >= 11 is 0. The van der Waals surface area contributed by atoms with Gasteiger partial charge in [-0.15, -0.1) is 0 Å². The summed E-state index contributed by atoms with van der Waals surface area (Å²) in [5, 5.41) is 10.5. The van der Waals surface area contributed by atoms with Crippen LogP contribution < -0.4 is 0 Å². The number of hydrogen-bond acceptors (Lipinski definition) is 15. The molecule has 0 rings (SSSR count). The molecule has 0 bridgehead atoms. The van der Waals surface area contributed by atoms with Crippen molar-refractivity contribution < 1.29 is 80.2 Å². The average Bonchev–Trinajstić information content (AvgIpc) is 3.56. The zero-order valence-corrected chi connectivity index (χ0v) is 56.1. The summed E-state index contributed by atoms with van der Waals surface area (Å²) in [5.74, 6) is 0.0443. The summed E-state index contributed by atoms with van der Waals surface area (Å²) in [6.45, 7) is 11.7. The van der Waals surface area contributed by atoms with Crippen molar-refractivity contribution in [1.29, 1.82) is 0 Å². The Morgan fingerprint density at radius 3 is 0.845 bits per heavy atom. The smallest absolute Gasteiger partial charge is 0.462 e. The number of esters is 4. The van der Waals surface area contributed by atoms with Crippen LogP contribution in [-0.2, 0) is 65.4 Å². The highest BCUT2D eigenvalue weighted by Gasteiger charge is 2.30. The van der Waals surface area contributed by atoms with Gasteiger partial charge >= 0.3 is 39.5 Å². The molecule has 0 aliphatic rings. The van der Waals surface area contributed by atoms with Crippen molar-refractivity contribution >= 4 is 39.5 Å². The zero-order valence-electron chi connectivity index (χ0n) is 54.4. The van der Waals surface area contributed by atoms with E-state index in [2.05, 4.69) is 48.5 Å². The number of phosphoric acid groups is 2. The van der Waals surface area contributed by atoms with Crippen molar-refractivity contribution in [3.05, 3.63) is 0 Å². The first-order chi connectivity index (χ1) is 40.3. The van der Waals surface area contributed by atoms with Gasteiger partial charge in [-0.1, -0.05) is 267 Å². The Morgan fingerprint density at radius 1 is 0.333 bits per heavy atom. The highest BCUT2D eigenvalue weighted by molar-refractivity contribution is 7.47. The molecule has 0 aromatic carbocycles. The van der Waals surface area contributed by atoms with Gasteiger partial charge in [-0.3, -0.25) is 37.3 Å². The molecule has 17 nitrogen and oxygen atoms in total. The maximum atomic E-state index is 13.0. The molecule has 0 saturated heterocycles. The van der Waals surface area contributed by atoms with Gasteiger partial charge in [-0.2, -0.15) is 0 Å². The van der Waals surface area contributed by atoms with Gasteiger partial charge in [0.15, 0.2) is 12.2 Å². The Balaban J connectivity index is 5.26. The van der Waals surface area contributed by atoms with E-state index in [1.165, 1.54) is 116 Å². The molecule has 0 heterocycles. The summed E-state index contributed by atoms with van der Waals surface area (Å²) in [4.78, 5) is 72.3. The third kappa shape index (κ3) is 55.4. The lowest BCUT2D eigenvalue weighted by Gasteiger charge is -2.21. The Hall–Kier alpha value is -1.94. The van der Waals surface area contributed by atoms with Crippen LogP contribution in [0.2, 0.25) is 0 Å². The maximum absolute atomic E-state index is 13.0. The molecule has 0 spiro atoms. The van der Waals surface area contributed by atoms with Crippen LogP contribution in [-0.4, -0.2) is 96.7 Å². The van der Waals surface area contributed by atoms with Crippen LogP contribution in [0.1, 0.15) is 318 Å². The molecule has 19 heteroatoms. The average molecular weight is 1240 g/mol. The van der Waals surface area contributed by atoms with E-state index in [0.717, 1.165) is 120 Å². The number of ether oxygens (including phenoxy) is 4. The van der Waals surface area contributed by atoms with E-state index < -0.39 is 97.5 Å². The third-order valence-corrected chi connectivity index (χ3v) is 17.9. The van der Waals surface area contributed by atoms with E-state index in [0.29, 0.717) is 25.7 Å². The topological polar surface area (TPSA) is 237 Å². The Morgan fingerprint density at radius 2 is 0.571 bits per heavy atom. The maximum Gasteiger partial charge on any atom is 0.472 e. The van der Waals surface area contributed by atoms with Gasteiger partial charge in [0.1, 0.15) is 19.3 Å². The van der Waals surface area contributed by atoms with Crippen LogP contribution in [0.5, 0.6) is 0 Å². The van der Waals surface area contributed by atoms with Gasteiger partial charge in [0.05, 0.1) is 26.4 Å². The first kappa shape index (κ1) is 82.1. The number of aliphatic hydroxyl groups is 1. The molecular weight excluding hydrogens is 1110 g/mol. The molecule has 8 atom stereocenters. The largest absolute Gasteiger partial charge is 0.472 e. The highest BCUT2D eigenvalue weighted by atomic mass is 31.2. The molecule has 0 fully saturated rings. The van der Waals surface area contributed by atoms with Crippen LogP contribution >= 0.6 is 15.6 Å². The van der Waals surface area contributed by atoms with E-state index in [9.17, 15) is 43.2 Å².